The third-order valence-corrected chi connectivity index (χ3v) is 7.93. The third kappa shape index (κ3) is 3.82. The Bertz CT molecular complexity index is 994. The number of thioether (sulfide) groups is 1. The van der Waals surface area contributed by atoms with Gasteiger partial charge in [0, 0.05) is 22.6 Å². The van der Waals surface area contributed by atoms with Crippen LogP contribution in [0.15, 0.2) is 53.5 Å². The van der Waals surface area contributed by atoms with Gasteiger partial charge in [0.2, 0.25) is 0 Å². The zero-order valence-electron chi connectivity index (χ0n) is 14.7. The van der Waals surface area contributed by atoms with Crippen molar-refractivity contribution < 1.29 is 17.5 Å². The van der Waals surface area contributed by atoms with Crippen LogP contribution in [0.3, 0.4) is 0 Å². The molecule has 5 nitrogen and oxygen atoms in total. The van der Waals surface area contributed by atoms with Gasteiger partial charge in [-0.15, -0.1) is 0 Å². The molecule has 2 atom stereocenters. The van der Waals surface area contributed by atoms with Crippen molar-refractivity contribution in [3.8, 4) is 5.75 Å². The molecule has 0 aromatic heterocycles. The second-order valence-corrected chi connectivity index (χ2v) is 9.95. The summed E-state index contributed by atoms with van der Waals surface area (Å²) in [7, 11) is -1.43. The number of anilines is 1. The first-order chi connectivity index (χ1) is 12.9. The lowest BCUT2D eigenvalue weighted by molar-refractivity contribution is 0.415. The fraction of sp³-hybridized carbons (Fsp3) is 0.316. The van der Waals surface area contributed by atoms with Gasteiger partial charge in [0.05, 0.1) is 31.2 Å². The van der Waals surface area contributed by atoms with Crippen molar-refractivity contribution in [3.05, 3.63) is 59.9 Å². The van der Waals surface area contributed by atoms with Gasteiger partial charge in [-0.3, -0.25) is 4.99 Å². The minimum absolute atomic E-state index is 0.0706. The summed E-state index contributed by atoms with van der Waals surface area (Å²) in [6, 6.07) is 13.9. The van der Waals surface area contributed by atoms with E-state index < -0.39 is 9.84 Å². The highest BCUT2D eigenvalue weighted by Gasteiger charge is 2.44. The van der Waals surface area contributed by atoms with Gasteiger partial charge < -0.3 is 9.64 Å². The van der Waals surface area contributed by atoms with Crippen LogP contribution in [-0.4, -0.2) is 43.5 Å². The predicted octanol–water partition coefficient (Wildman–Crippen LogP) is 3.11. The topological polar surface area (TPSA) is 59.0 Å². The molecule has 0 N–H and O–H groups in total. The summed E-state index contributed by atoms with van der Waals surface area (Å²) in [5, 5.41) is 0.648. The molecule has 0 unspecified atom stereocenters. The zero-order chi connectivity index (χ0) is 19.0. The molecule has 1 fully saturated rings. The van der Waals surface area contributed by atoms with Gasteiger partial charge in [-0.2, -0.15) is 0 Å². The molecule has 1 saturated heterocycles. The number of hydrogen-bond acceptors (Lipinski definition) is 6. The standard InChI is InChI=1S/C19H19FN2O3S2/c1-25-15-7-4-6-14(9-15)22(10-13-5-2-3-8-16(13)20)19-21-17-11-27(23,24)12-18(17)26-19/h2-9,17-18H,10-12H2,1H3/t17-,18+/m1/s1. The number of ether oxygens (including phenoxy) is 1. The number of nitrogens with zero attached hydrogens (tertiary/aromatic N) is 2. The summed E-state index contributed by atoms with van der Waals surface area (Å²) in [5.74, 6) is 0.634. The molecule has 142 valence electrons. The highest BCUT2D eigenvalue weighted by molar-refractivity contribution is 8.15. The Kier molecular flexibility index (Phi) is 4.86. The minimum atomic E-state index is -3.02. The van der Waals surface area contributed by atoms with Gasteiger partial charge in [-0.1, -0.05) is 36.0 Å². The molecule has 0 saturated carbocycles. The number of fused-ring (bicyclic) bond motifs is 1. The molecule has 0 bridgehead atoms. The molecule has 2 heterocycles. The Morgan fingerprint density at radius 1 is 1.22 bits per heavy atom. The van der Waals surface area contributed by atoms with Gasteiger partial charge >= 0.3 is 0 Å². The normalized spacial score (nSPS) is 23.0. The number of aliphatic imine (C=N–C) groups is 1. The summed E-state index contributed by atoms with van der Waals surface area (Å²) >= 11 is 1.46. The molecular weight excluding hydrogens is 387 g/mol. The summed E-state index contributed by atoms with van der Waals surface area (Å²) < 4.78 is 43.3. The SMILES string of the molecule is COc1cccc(N(Cc2ccccc2F)C2=N[C@@H]3CS(=O)(=O)C[C@@H]3S2)c1. The molecule has 0 aliphatic carbocycles. The minimum Gasteiger partial charge on any atom is -0.497 e. The fourth-order valence-corrected chi connectivity index (χ4v) is 7.10. The molecule has 27 heavy (non-hydrogen) atoms. The largest absolute Gasteiger partial charge is 0.497 e. The number of halogens is 1. The van der Waals surface area contributed by atoms with E-state index in [9.17, 15) is 12.8 Å². The van der Waals surface area contributed by atoms with Crippen LogP contribution >= 0.6 is 11.8 Å². The first-order valence-corrected chi connectivity index (χ1v) is 11.3. The van der Waals surface area contributed by atoms with Crippen LogP contribution in [0.2, 0.25) is 0 Å². The van der Waals surface area contributed by atoms with Gasteiger partial charge in [0.1, 0.15) is 11.6 Å². The molecule has 4 rings (SSSR count). The van der Waals surface area contributed by atoms with Crippen molar-refractivity contribution in [3.63, 3.8) is 0 Å². The molecule has 0 spiro atoms. The van der Waals surface area contributed by atoms with E-state index in [1.54, 1.807) is 25.3 Å². The maximum absolute atomic E-state index is 14.3. The highest BCUT2D eigenvalue weighted by Crippen LogP contribution is 2.38. The zero-order valence-corrected chi connectivity index (χ0v) is 16.3. The quantitative estimate of drug-likeness (QED) is 0.781. The van der Waals surface area contributed by atoms with E-state index in [1.807, 2.05) is 29.2 Å². The van der Waals surface area contributed by atoms with Crippen LogP contribution in [-0.2, 0) is 16.4 Å². The molecule has 0 amide bonds. The average Bonchev–Trinajstić information content (AvgIpc) is 3.14. The Hall–Kier alpha value is -2.06. The maximum Gasteiger partial charge on any atom is 0.164 e. The van der Waals surface area contributed by atoms with Crippen molar-refractivity contribution >= 4 is 32.5 Å². The number of amidine groups is 1. The van der Waals surface area contributed by atoms with Gasteiger partial charge in [0.15, 0.2) is 15.0 Å². The monoisotopic (exact) mass is 406 g/mol. The summed E-state index contributed by atoms with van der Waals surface area (Å²) in [6.45, 7) is 0.303. The lowest BCUT2D eigenvalue weighted by Gasteiger charge is -2.25. The Morgan fingerprint density at radius 2 is 2.04 bits per heavy atom. The van der Waals surface area contributed by atoms with E-state index >= 15 is 0 Å². The van der Waals surface area contributed by atoms with Crippen LogP contribution in [0.1, 0.15) is 5.56 Å². The number of benzene rings is 2. The number of hydrogen-bond donors (Lipinski definition) is 0. The summed E-state index contributed by atoms with van der Waals surface area (Å²) in [6.07, 6.45) is 0. The van der Waals surface area contributed by atoms with Crippen molar-refractivity contribution in [2.24, 2.45) is 4.99 Å². The van der Waals surface area contributed by atoms with Crippen LogP contribution in [0.25, 0.3) is 0 Å². The van der Waals surface area contributed by atoms with Crippen molar-refractivity contribution in [1.82, 2.24) is 0 Å². The van der Waals surface area contributed by atoms with Crippen molar-refractivity contribution in [1.29, 1.82) is 0 Å². The lowest BCUT2D eigenvalue weighted by Crippen LogP contribution is -2.28. The molecule has 2 aromatic rings. The molecular formula is C19H19FN2O3S2. The van der Waals surface area contributed by atoms with Gasteiger partial charge in [0.25, 0.3) is 0 Å². The first kappa shape index (κ1) is 18.3. The van der Waals surface area contributed by atoms with Gasteiger partial charge in [-0.05, 0) is 18.2 Å². The van der Waals surface area contributed by atoms with Crippen LogP contribution in [0.5, 0.6) is 5.75 Å². The smallest absolute Gasteiger partial charge is 0.164 e. The summed E-state index contributed by atoms with van der Waals surface area (Å²) in [4.78, 5) is 6.59. The van der Waals surface area contributed by atoms with E-state index in [0.29, 0.717) is 17.9 Å². The molecule has 0 radical (unpaired) electrons. The van der Waals surface area contributed by atoms with E-state index in [1.165, 1.54) is 17.8 Å². The van der Waals surface area contributed by atoms with Crippen LogP contribution in [0.4, 0.5) is 10.1 Å². The number of sulfone groups is 1. The van der Waals surface area contributed by atoms with E-state index in [-0.39, 0.29) is 28.6 Å². The van der Waals surface area contributed by atoms with E-state index in [4.69, 9.17) is 4.74 Å². The molecule has 2 aromatic carbocycles. The fourth-order valence-electron chi connectivity index (χ4n) is 3.32. The second kappa shape index (κ2) is 7.16. The lowest BCUT2D eigenvalue weighted by atomic mass is 10.2. The predicted molar refractivity (Wildman–Crippen MR) is 107 cm³/mol. The Morgan fingerprint density at radius 3 is 2.78 bits per heavy atom. The van der Waals surface area contributed by atoms with Gasteiger partial charge in [-0.25, -0.2) is 12.8 Å². The van der Waals surface area contributed by atoms with Crippen molar-refractivity contribution in [2.75, 3.05) is 23.5 Å². The molecule has 2 aliphatic rings. The van der Waals surface area contributed by atoms with Crippen LogP contribution in [0, 0.1) is 5.82 Å². The average molecular weight is 407 g/mol. The molecule has 2 aliphatic heterocycles. The van der Waals surface area contributed by atoms with Crippen LogP contribution < -0.4 is 9.64 Å². The number of methoxy groups -OCH3 is 1. The van der Waals surface area contributed by atoms with E-state index in [0.717, 1.165) is 10.9 Å². The van der Waals surface area contributed by atoms with E-state index in [2.05, 4.69) is 4.99 Å². The highest BCUT2D eigenvalue weighted by atomic mass is 32.2. The summed E-state index contributed by atoms with van der Waals surface area (Å²) in [5.41, 5.74) is 1.37. The Labute approximate surface area is 162 Å². The number of rotatable bonds is 4. The first-order valence-electron chi connectivity index (χ1n) is 8.55. The molecule has 8 heteroatoms. The second-order valence-electron chi connectivity index (χ2n) is 6.59. The maximum atomic E-state index is 14.3. The van der Waals surface area contributed by atoms with Crippen molar-refractivity contribution in [2.45, 2.75) is 17.8 Å². The Balaban J connectivity index is 1.69. The third-order valence-electron chi connectivity index (χ3n) is 4.69.